The number of hydrogen-bond donors (Lipinski definition) is 1. The number of para-hydroxylation sites is 2. The van der Waals surface area contributed by atoms with Crippen LogP contribution in [-0.4, -0.2) is 25.2 Å². The molecule has 6 nitrogen and oxygen atoms in total. The Morgan fingerprint density at radius 2 is 2.14 bits per heavy atom. The zero-order valence-electron chi connectivity index (χ0n) is 11.6. The Bertz CT molecular complexity index is 807. The highest BCUT2D eigenvalue weighted by molar-refractivity contribution is 6.30. The van der Waals surface area contributed by atoms with Crippen LogP contribution in [0.2, 0.25) is 5.02 Å². The lowest BCUT2D eigenvalue weighted by molar-refractivity contribution is -0.119. The van der Waals surface area contributed by atoms with E-state index in [-0.39, 0.29) is 5.91 Å². The average Bonchev–Trinajstić information content (AvgIpc) is 3.04. The maximum absolute atomic E-state index is 12.3. The van der Waals surface area contributed by atoms with Crippen molar-refractivity contribution in [1.29, 1.82) is 0 Å². The van der Waals surface area contributed by atoms with E-state index in [0.717, 1.165) is 11.0 Å². The number of nitrogens with zero attached hydrogens (tertiary/aromatic N) is 4. The second-order valence-electron chi connectivity index (χ2n) is 4.79. The number of halogens is 1. The summed E-state index contributed by atoms with van der Waals surface area (Å²) in [6.07, 6.45) is 3.11. The number of amides is 1. The SMILES string of the molecule is CC(C(=O)Nc1nc2ccccc2n1C)n1cc(Cl)cn1. The minimum atomic E-state index is -0.475. The van der Waals surface area contributed by atoms with E-state index in [9.17, 15) is 4.79 Å². The molecular weight excluding hydrogens is 290 g/mol. The van der Waals surface area contributed by atoms with E-state index in [1.54, 1.807) is 13.1 Å². The van der Waals surface area contributed by atoms with Crippen molar-refractivity contribution >= 4 is 34.5 Å². The molecule has 1 atom stereocenters. The number of carbonyl (C=O) groups is 1. The fourth-order valence-corrected chi connectivity index (χ4v) is 2.26. The topological polar surface area (TPSA) is 64.7 Å². The van der Waals surface area contributed by atoms with E-state index in [4.69, 9.17) is 11.6 Å². The first-order valence-corrected chi connectivity index (χ1v) is 6.86. The van der Waals surface area contributed by atoms with Crippen molar-refractivity contribution in [3.05, 3.63) is 41.7 Å². The summed E-state index contributed by atoms with van der Waals surface area (Å²) in [6, 6.07) is 7.23. The lowest BCUT2D eigenvalue weighted by Crippen LogP contribution is -2.25. The Balaban J connectivity index is 1.84. The molecule has 1 amide bonds. The van der Waals surface area contributed by atoms with Gasteiger partial charge in [-0.05, 0) is 19.1 Å². The molecule has 1 N–H and O–H groups in total. The molecule has 0 fully saturated rings. The van der Waals surface area contributed by atoms with E-state index in [1.165, 1.54) is 10.9 Å². The summed E-state index contributed by atoms with van der Waals surface area (Å²) in [5.41, 5.74) is 1.80. The first kappa shape index (κ1) is 13.6. The van der Waals surface area contributed by atoms with Crippen LogP contribution in [0.25, 0.3) is 11.0 Å². The largest absolute Gasteiger partial charge is 0.313 e. The van der Waals surface area contributed by atoms with Gasteiger partial charge in [0.25, 0.3) is 5.91 Å². The van der Waals surface area contributed by atoms with Crippen molar-refractivity contribution < 1.29 is 4.79 Å². The molecule has 0 aliphatic rings. The van der Waals surface area contributed by atoms with Crippen molar-refractivity contribution in [2.75, 3.05) is 5.32 Å². The Morgan fingerprint density at radius 1 is 1.38 bits per heavy atom. The molecule has 108 valence electrons. The van der Waals surface area contributed by atoms with Gasteiger partial charge in [0.15, 0.2) is 0 Å². The zero-order valence-corrected chi connectivity index (χ0v) is 12.4. The van der Waals surface area contributed by atoms with Crippen molar-refractivity contribution in [1.82, 2.24) is 19.3 Å². The summed E-state index contributed by atoms with van der Waals surface area (Å²) < 4.78 is 3.36. The van der Waals surface area contributed by atoms with Gasteiger partial charge in [0.2, 0.25) is 5.95 Å². The number of imidazole rings is 1. The van der Waals surface area contributed by atoms with Crippen LogP contribution in [0.15, 0.2) is 36.7 Å². The van der Waals surface area contributed by atoms with Gasteiger partial charge in [0.1, 0.15) is 6.04 Å². The van der Waals surface area contributed by atoms with Crippen molar-refractivity contribution in [2.45, 2.75) is 13.0 Å². The number of benzene rings is 1. The van der Waals surface area contributed by atoms with Gasteiger partial charge in [-0.25, -0.2) is 4.98 Å². The van der Waals surface area contributed by atoms with Gasteiger partial charge in [-0.15, -0.1) is 0 Å². The van der Waals surface area contributed by atoms with Gasteiger partial charge < -0.3 is 4.57 Å². The molecule has 0 saturated heterocycles. The van der Waals surface area contributed by atoms with Crippen LogP contribution in [-0.2, 0) is 11.8 Å². The normalized spacial score (nSPS) is 12.5. The molecule has 21 heavy (non-hydrogen) atoms. The second-order valence-corrected chi connectivity index (χ2v) is 5.22. The number of carbonyl (C=O) groups excluding carboxylic acids is 1. The number of anilines is 1. The molecule has 7 heteroatoms. The Hall–Kier alpha value is -2.34. The minimum absolute atomic E-state index is 0.201. The third kappa shape index (κ3) is 2.50. The van der Waals surface area contributed by atoms with Crippen LogP contribution in [0.5, 0.6) is 0 Å². The van der Waals surface area contributed by atoms with Gasteiger partial charge in [0.05, 0.1) is 22.3 Å². The third-order valence-corrected chi connectivity index (χ3v) is 3.56. The van der Waals surface area contributed by atoms with Gasteiger partial charge in [-0.2, -0.15) is 5.10 Å². The molecular formula is C14H14ClN5O. The number of aromatic nitrogens is 4. The molecule has 1 unspecified atom stereocenters. The van der Waals surface area contributed by atoms with Crippen LogP contribution in [0.1, 0.15) is 13.0 Å². The lowest BCUT2D eigenvalue weighted by Gasteiger charge is -2.12. The van der Waals surface area contributed by atoms with Gasteiger partial charge in [-0.3, -0.25) is 14.8 Å². The summed E-state index contributed by atoms with van der Waals surface area (Å²) in [5, 5.41) is 7.35. The molecule has 2 aromatic heterocycles. The highest BCUT2D eigenvalue weighted by atomic mass is 35.5. The average molecular weight is 304 g/mol. The van der Waals surface area contributed by atoms with E-state index >= 15 is 0 Å². The van der Waals surface area contributed by atoms with Crippen LogP contribution in [0, 0.1) is 0 Å². The molecule has 0 aliphatic heterocycles. The Kier molecular flexibility index (Phi) is 3.39. The standard InChI is InChI=1S/C14H14ClN5O/c1-9(20-8-10(15)7-16-20)13(21)18-14-17-11-5-3-4-6-12(11)19(14)2/h3-9H,1-2H3,(H,17,18,21). The summed E-state index contributed by atoms with van der Waals surface area (Å²) in [7, 11) is 1.86. The van der Waals surface area contributed by atoms with Crippen LogP contribution >= 0.6 is 11.6 Å². The first-order valence-electron chi connectivity index (χ1n) is 6.48. The fraction of sp³-hybridized carbons (Fsp3) is 0.214. The third-order valence-electron chi connectivity index (χ3n) is 3.37. The van der Waals surface area contributed by atoms with E-state index in [0.29, 0.717) is 11.0 Å². The van der Waals surface area contributed by atoms with E-state index < -0.39 is 6.04 Å². The molecule has 0 aliphatic carbocycles. The van der Waals surface area contributed by atoms with Crippen LogP contribution < -0.4 is 5.32 Å². The molecule has 3 aromatic rings. The van der Waals surface area contributed by atoms with E-state index in [1.807, 2.05) is 35.9 Å². The van der Waals surface area contributed by atoms with Crippen molar-refractivity contribution in [2.24, 2.45) is 7.05 Å². The summed E-state index contributed by atoms with van der Waals surface area (Å²) in [4.78, 5) is 16.7. The highest BCUT2D eigenvalue weighted by Gasteiger charge is 2.18. The van der Waals surface area contributed by atoms with Crippen LogP contribution in [0.4, 0.5) is 5.95 Å². The van der Waals surface area contributed by atoms with Gasteiger partial charge >= 0.3 is 0 Å². The van der Waals surface area contributed by atoms with Crippen molar-refractivity contribution in [3.63, 3.8) is 0 Å². The number of hydrogen-bond acceptors (Lipinski definition) is 3. The molecule has 3 rings (SSSR count). The predicted octanol–water partition coefficient (Wildman–Crippen LogP) is 2.62. The number of nitrogens with one attached hydrogen (secondary N) is 1. The molecule has 0 bridgehead atoms. The first-order chi connectivity index (χ1) is 10.1. The quantitative estimate of drug-likeness (QED) is 0.809. The van der Waals surface area contributed by atoms with Gasteiger partial charge in [-0.1, -0.05) is 23.7 Å². The lowest BCUT2D eigenvalue weighted by atomic mass is 10.3. The highest BCUT2D eigenvalue weighted by Crippen LogP contribution is 2.19. The maximum atomic E-state index is 12.3. The summed E-state index contributed by atoms with van der Waals surface area (Å²) in [6.45, 7) is 1.75. The molecule has 2 heterocycles. The maximum Gasteiger partial charge on any atom is 0.251 e. The monoisotopic (exact) mass is 303 g/mol. The molecule has 0 spiro atoms. The number of rotatable bonds is 3. The van der Waals surface area contributed by atoms with Gasteiger partial charge in [0, 0.05) is 13.2 Å². The molecule has 0 radical (unpaired) electrons. The zero-order chi connectivity index (χ0) is 15.0. The number of aryl methyl sites for hydroxylation is 1. The molecule has 0 saturated carbocycles. The second kappa shape index (κ2) is 5.21. The Morgan fingerprint density at radius 3 is 2.81 bits per heavy atom. The van der Waals surface area contributed by atoms with Crippen LogP contribution in [0.3, 0.4) is 0 Å². The summed E-state index contributed by atoms with van der Waals surface area (Å²) >= 11 is 5.82. The Labute approximate surface area is 126 Å². The molecule has 1 aromatic carbocycles. The number of fused-ring (bicyclic) bond motifs is 1. The smallest absolute Gasteiger partial charge is 0.251 e. The summed E-state index contributed by atoms with van der Waals surface area (Å²) in [5.74, 6) is 0.305. The van der Waals surface area contributed by atoms with E-state index in [2.05, 4.69) is 15.4 Å². The van der Waals surface area contributed by atoms with Crippen molar-refractivity contribution in [3.8, 4) is 0 Å². The predicted molar refractivity (Wildman–Crippen MR) is 81.3 cm³/mol. The minimum Gasteiger partial charge on any atom is -0.313 e. The fourth-order valence-electron chi connectivity index (χ4n) is 2.12.